The summed E-state index contributed by atoms with van der Waals surface area (Å²) in [4.78, 5) is 12.6. The zero-order valence-corrected chi connectivity index (χ0v) is 20.4. The van der Waals surface area contributed by atoms with Crippen LogP contribution in [0.1, 0.15) is 23.5 Å². The Kier molecular flexibility index (Phi) is 6.50. The van der Waals surface area contributed by atoms with E-state index in [0.29, 0.717) is 10.0 Å². The summed E-state index contributed by atoms with van der Waals surface area (Å²) in [5.41, 5.74) is 12.5. The number of fused-ring (bicyclic) bond motifs is 1. The molecule has 0 aliphatic carbocycles. The minimum Gasteiger partial charge on any atom is -0.394 e. The van der Waals surface area contributed by atoms with Crippen LogP contribution in [0, 0.1) is 0 Å². The summed E-state index contributed by atoms with van der Waals surface area (Å²) in [5.74, 6) is -0.395. The van der Waals surface area contributed by atoms with Gasteiger partial charge in [0.15, 0.2) is 17.2 Å². The Morgan fingerprint density at radius 3 is 2.08 bits per heavy atom. The molecule has 2 aromatic heterocycles. The number of imidazole rings is 1. The van der Waals surface area contributed by atoms with Crippen molar-refractivity contribution in [2.75, 3.05) is 18.1 Å². The van der Waals surface area contributed by atoms with Crippen LogP contribution in [0.2, 0.25) is 10.0 Å². The predicted molar refractivity (Wildman–Crippen MR) is 135 cm³/mol. The third kappa shape index (κ3) is 4.15. The number of nitrogen functional groups attached to an aromatic ring is 2. The van der Waals surface area contributed by atoms with Gasteiger partial charge in [-0.3, -0.25) is 4.57 Å². The number of nitrogens with zero attached hydrogens (tertiary/aromatic N) is 4. The van der Waals surface area contributed by atoms with E-state index in [4.69, 9.17) is 39.4 Å². The van der Waals surface area contributed by atoms with Crippen molar-refractivity contribution in [1.29, 1.82) is 0 Å². The molecule has 36 heavy (non-hydrogen) atoms. The molecule has 2 aromatic carbocycles. The highest BCUT2D eigenvalue weighted by Gasteiger charge is 2.57. The van der Waals surface area contributed by atoms with Gasteiger partial charge < -0.3 is 31.5 Å². The van der Waals surface area contributed by atoms with Gasteiger partial charge in [0.05, 0.1) is 12.9 Å². The quantitative estimate of drug-likeness (QED) is 0.251. The van der Waals surface area contributed by atoms with Crippen molar-refractivity contribution in [2.45, 2.75) is 36.4 Å². The van der Waals surface area contributed by atoms with Crippen molar-refractivity contribution in [3.63, 3.8) is 0 Å². The van der Waals surface area contributed by atoms with Crippen molar-refractivity contribution >= 4 is 46.1 Å². The highest BCUT2D eigenvalue weighted by molar-refractivity contribution is 6.30. The third-order valence-corrected chi connectivity index (χ3v) is 7.10. The maximum absolute atomic E-state index is 11.4. The van der Waals surface area contributed by atoms with Crippen molar-refractivity contribution < 1.29 is 20.1 Å². The molecule has 1 saturated heterocycles. The lowest BCUT2D eigenvalue weighted by atomic mass is 9.82. The zero-order chi connectivity index (χ0) is 25.6. The van der Waals surface area contributed by atoms with Gasteiger partial charge in [0.2, 0.25) is 5.95 Å². The van der Waals surface area contributed by atoms with Crippen molar-refractivity contribution in [3.8, 4) is 0 Å². The molecule has 1 aliphatic rings. The largest absolute Gasteiger partial charge is 0.394 e. The van der Waals surface area contributed by atoms with Gasteiger partial charge in [-0.1, -0.05) is 47.5 Å². The second kappa shape index (κ2) is 9.47. The van der Waals surface area contributed by atoms with Gasteiger partial charge in [0.1, 0.15) is 23.8 Å². The average Bonchev–Trinajstić information content (AvgIpc) is 3.39. The Bertz CT molecular complexity index is 1340. The fourth-order valence-corrected chi connectivity index (χ4v) is 5.06. The van der Waals surface area contributed by atoms with E-state index in [1.54, 1.807) is 24.3 Å². The van der Waals surface area contributed by atoms with Gasteiger partial charge in [-0.05, 0) is 35.4 Å². The summed E-state index contributed by atoms with van der Waals surface area (Å²) >= 11 is 12.3. The molecule has 10 nitrogen and oxygen atoms in total. The number of benzene rings is 2. The maximum Gasteiger partial charge on any atom is 0.224 e. The number of ether oxygens (including phenoxy) is 1. The molecule has 0 bridgehead atoms. The highest BCUT2D eigenvalue weighted by Crippen LogP contribution is 2.46. The first-order valence-corrected chi connectivity index (χ1v) is 11.9. The number of halogens is 2. The van der Waals surface area contributed by atoms with Crippen LogP contribution < -0.4 is 11.5 Å². The Balaban J connectivity index is 1.71. The van der Waals surface area contributed by atoms with E-state index in [1.165, 1.54) is 10.9 Å². The molecule has 0 radical (unpaired) electrons. The number of nitrogens with two attached hydrogens (primary N) is 2. The summed E-state index contributed by atoms with van der Waals surface area (Å²) in [7, 11) is 0. The van der Waals surface area contributed by atoms with Gasteiger partial charge >= 0.3 is 0 Å². The molecule has 7 N–H and O–H groups in total. The molecule has 12 heteroatoms. The number of aromatic nitrogens is 4. The monoisotopic (exact) mass is 530 g/mol. The van der Waals surface area contributed by atoms with Crippen LogP contribution in [0.4, 0.5) is 11.8 Å². The minimum atomic E-state index is -1.61. The second-order valence-corrected chi connectivity index (χ2v) is 9.61. The Hall–Kier alpha value is -2.99. The van der Waals surface area contributed by atoms with E-state index in [-0.39, 0.29) is 35.3 Å². The molecule has 1 aliphatic heterocycles. The molecule has 4 atom stereocenters. The fourth-order valence-electron chi connectivity index (χ4n) is 4.81. The molecule has 0 spiro atoms. The lowest BCUT2D eigenvalue weighted by molar-refractivity contribution is -0.152. The van der Waals surface area contributed by atoms with E-state index in [2.05, 4.69) is 15.0 Å². The lowest BCUT2D eigenvalue weighted by Gasteiger charge is -2.37. The molecule has 1 fully saturated rings. The van der Waals surface area contributed by atoms with Crippen LogP contribution >= 0.6 is 23.2 Å². The first kappa shape index (κ1) is 24.7. The molecular weight excluding hydrogens is 507 g/mol. The first-order valence-electron chi connectivity index (χ1n) is 11.2. The van der Waals surface area contributed by atoms with Crippen LogP contribution in [0.3, 0.4) is 0 Å². The smallest absolute Gasteiger partial charge is 0.224 e. The van der Waals surface area contributed by atoms with Gasteiger partial charge in [0, 0.05) is 22.4 Å². The van der Waals surface area contributed by atoms with Crippen LogP contribution in [-0.4, -0.2) is 59.8 Å². The molecular formula is C24H24Cl2N6O4. The number of aliphatic hydroxyl groups is 3. The SMILES string of the molecule is Nc1nc(N)c2ncn([C@]3(CC(c4ccc(Cl)cc4)c4ccc(Cl)cc4)O[C@H](CO)[C@@H](O)[C@H]3O)c2n1. The molecule has 188 valence electrons. The Morgan fingerprint density at radius 2 is 1.56 bits per heavy atom. The molecule has 5 rings (SSSR count). The van der Waals surface area contributed by atoms with E-state index in [9.17, 15) is 15.3 Å². The molecule has 0 unspecified atom stereocenters. The average molecular weight is 531 g/mol. The number of hydrogen-bond acceptors (Lipinski definition) is 9. The van der Waals surface area contributed by atoms with Crippen molar-refractivity contribution in [1.82, 2.24) is 19.5 Å². The summed E-state index contributed by atoms with van der Waals surface area (Å²) < 4.78 is 7.75. The highest BCUT2D eigenvalue weighted by atomic mass is 35.5. The van der Waals surface area contributed by atoms with Gasteiger partial charge in [-0.25, -0.2) is 4.98 Å². The minimum absolute atomic E-state index is 0.0603. The third-order valence-electron chi connectivity index (χ3n) is 6.59. The van der Waals surface area contributed by atoms with Gasteiger partial charge in [-0.2, -0.15) is 9.97 Å². The normalized spacial score (nSPS) is 24.1. The summed E-state index contributed by atoms with van der Waals surface area (Å²) in [6, 6.07) is 14.6. The second-order valence-electron chi connectivity index (χ2n) is 8.73. The van der Waals surface area contributed by atoms with E-state index < -0.39 is 30.6 Å². The number of aliphatic hydroxyl groups excluding tert-OH is 3. The predicted octanol–water partition coefficient (Wildman–Crippen LogP) is 2.29. The van der Waals surface area contributed by atoms with Crippen molar-refractivity contribution in [2.24, 2.45) is 0 Å². The molecule has 3 heterocycles. The Morgan fingerprint density at radius 1 is 0.972 bits per heavy atom. The van der Waals surface area contributed by atoms with Gasteiger partial charge in [-0.15, -0.1) is 0 Å². The van der Waals surface area contributed by atoms with Gasteiger partial charge in [0.25, 0.3) is 0 Å². The first-order chi connectivity index (χ1) is 17.2. The van der Waals surface area contributed by atoms with E-state index >= 15 is 0 Å². The number of hydrogen-bond donors (Lipinski definition) is 5. The van der Waals surface area contributed by atoms with Crippen LogP contribution in [0.15, 0.2) is 54.9 Å². The van der Waals surface area contributed by atoms with Crippen LogP contribution in [-0.2, 0) is 10.5 Å². The van der Waals surface area contributed by atoms with E-state index in [0.717, 1.165) is 11.1 Å². The number of rotatable bonds is 6. The lowest BCUT2D eigenvalue weighted by Crippen LogP contribution is -2.46. The van der Waals surface area contributed by atoms with Crippen LogP contribution in [0.5, 0.6) is 0 Å². The molecule has 0 amide bonds. The topological polar surface area (TPSA) is 166 Å². The summed E-state index contributed by atoms with van der Waals surface area (Å²) in [6.45, 7) is -0.515. The summed E-state index contributed by atoms with van der Waals surface area (Å²) in [6.07, 6.45) is -2.40. The standard InChI is InChI=1S/C24H24Cl2N6O4/c25-14-5-1-12(2-6-14)16(13-3-7-15(26)8-4-13)9-24(20(35)19(34)17(10-33)36-24)32-11-29-18-21(27)30-23(28)31-22(18)32/h1-8,11,16-17,19-20,33-35H,9-10H2,(H4,27,28,30,31)/t17-,19-,20-,24-/m1/s1. The number of anilines is 2. The Labute approximate surface area is 216 Å². The molecule has 0 saturated carbocycles. The van der Waals surface area contributed by atoms with E-state index in [1.807, 2.05) is 24.3 Å². The van der Waals surface area contributed by atoms with Crippen molar-refractivity contribution in [3.05, 3.63) is 76.0 Å². The maximum atomic E-state index is 11.4. The van der Waals surface area contributed by atoms with Crippen LogP contribution in [0.25, 0.3) is 11.2 Å². The fraction of sp³-hybridized carbons (Fsp3) is 0.292. The summed E-state index contributed by atoms with van der Waals surface area (Å²) in [5, 5.41) is 33.3. The zero-order valence-electron chi connectivity index (χ0n) is 18.9. The molecule has 4 aromatic rings.